The molecule has 0 unspecified atom stereocenters. The molecule has 0 radical (unpaired) electrons. The highest BCUT2D eigenvalue weighted by molar-refractivity contribution is 6.26. The zero-order valence-electron chi connectivity index (χ0n) is 7.54. The number of rotatable bonds is 7. The van der Waals surface area contributed by atoms with Gasteiger partial charge in [-0.1, -0.05) is 6.58 Å². The monoisotopic (exact) mass is 188 g/mol. The van der Waals surface area contributed by atoms with E-state index in [2.05, 4.69) is 6.58 Å². The van der Waals surface area contributed by atoms with Crippen LogP contribution in [0.1, 0.15) is 13.3 Å². The fourth-order valence-electron chi connectivity index (χ4n) is 0.682. The summed E-state index contributed by atoms with van der Waals surface area (Å²) in [5, 5.41) is 0. The molecule has 12 heavy (non-hydrogen) atoms. The van der Waals surface area contributed by atoms with Gasteiger partial charge in [-0.3, -0.25) is 0 Å². The van der Waals surface area contributed by atoms with E-state index in [4.69, 9.17) is 9.16 Å². The second kappa shape index (κ2) is 8.48. The molecule has 0 aromatic heterocycles. The first-order valence-corrected chi connectivity index (χ1v) is 5.76. The molecule has 0 fully saturated rings. The van der Waals surface area contributed by atoms with Gasteiger partial charge in [-0.05, 0) is 19.4 Å². The minimum absolute atomic E-state index is 0.340. The molecule has 3 nitrogen and oxygen atoms in total. The van der Waals surface area contributed by atoms with E-state index in [1.54, 1.807) is 0 Å². The molecule has 0 aliphatic carbocycles. The Morgan fingerprint density at radius 2 is 2.42 bits per heavy atom. The first-order valence-electron chi connectivity index (χ1n) is 4.18. The highest BCUT2D eigenvalue weighted by Gasteiger charge is 1.94. The van der Waals surface area contributed by atoms with Crippen LogP contribution in [0.3, 0.4) is 0 Å². The third kappa shape index (κ3) is 7.49. The van der Waals surface area contributed by atoms with Crippen molar-refractivity contribution in [3.8, 4) is 0 Å². The van der Waals surface area contributed by atoms with E-state index in [9.17, 15) is 4.79 Å². The van der Waals surface area contributed by atoms with Crippen LogP contribution in [-0.4, -0.2) is 28.9 Å². The fraction of sp³-hybridized carbons (Fsp3) is 0.625. The summed E-state index contributed by atoms with van der Waals surface area (Å²) in [7, 11) is -0.357. The molecule has 0 saturated heterocycles. The van der Waals surface area contributed by atoms with Crippen LogP contribution in [0, 0.1) is 0 Å². The second-order valence-electron chi connectivity index (χ2n) is 2.28. The van der Waals surface area contributed by atoms with E-state index in [-0.39, 0.29) is 15.7 Å². The topological polar surface area (TPSA) is 35.5 Å². The molecular weight excluding hydrogens is 172 g/mol. The molecule has 0 aliphatic heterocycles. The van der Waals surface area contributed by atoms with Crippen molar-refractivity contribution in [3.63, 3.8) is 0 Å². The van der Waals surface area contributed by atoms with Gasteiger partial charge in [0, 0.05) is 12.7 Å². The van der Waals surface area contributed by atoms with Crippen molar-refractivity contribution in [1.29, 1.82) is 0 Å². The summed E-state index contributed by atoms with van der Waals surface area (Å²) in [6, 6.07) is 1.07. The Bertz CT molecular complexity index is 136. The van der Waals surface area contributed by atoms with E-state index < -0.39 is 0 Å². The summed E-state index contributed by atoms with van der Waals surface area (Å²) in [5.41, 5.74) is 0. The van der Waals surface area contributed by atoms with Crippen LogP contribution in [0.2, 0.25) is 6.04 Å². The zero-order chi connectivity index (χ0) is 9.23. The predicted molar refractivity (Wildman–Crippen MR) is 50.8 cm³/mol. The lowest BCUT2D eigenvalue weighted by Crippen LogP contribution is -2.04. The summed E-state index contributed by atoms with van der Waals surface area (Å²) < 4.78 is 10.0. The second-order valence-corrected chi connectivity index (χ2v) is 3.80. The molecule has 0 bridgehead atoms. The van der Waals surface area contributed by atoms with Crippen LogP contribution in [0.5, 0.6) is 0 Å². The quantitative estimate of drug-likeness (QED) is 0.255. The summed E-state index contributed by atoms with van der Waals surface area (Å²) >= 11 is 0. The van der Waals surface area contributed by atoms with E-state index in [0.717, 1.165) is 19.1 Å². The highest BCUT2D eigenvalue weighted by atomic mass is 28.2. The van der Waals surface area contributed by atoms with Gasteiger partial charge < -0.3 is 9.16 Å². The molecular formula is C8H16O3Si. The van der Waals surface area contributed by atoms with E-state index in [1.165, 1.54) is 6.08 Å². The smallest absolute Gasteiger partial charge is 0.330 e. The lowest BCUT2D eigenvalue weighted by molar-refractivity contribution is -0.137. The molecule has 0 spiro atoms. The molecule has 0 saturated carbocycles. The predicted octanol–water partition coefficient (Wildman–Crippen LogP) is 0.644. The molecule has 70 valence electrons. The van der Waals surface area contributed by atoms with Gasteiger partial charge in [0.25, 0.3) is 0 Å². The molecule has 0 atom stereocenters. The molecule has 0 aliphatic rings. The van der Waals surface area contributed by atoms with Gasteiger partial charge in [0.2, 0.25) is 0 Å². The van der Waals surface area contributed by atoms with E-state index >= 15 is 0 Å². The zero-order valence-corrected chi connectivity index (χ0v) is 8.96. The minimum Gasteiger partial charge on any atom is -0.463 e. The Hall–Kier alpha value is -0.613. The van der Waals surface area contributed by atoms with Crippen LogP contribution < -0.4 is 0 Å². The van der Waals surface area contributed by atoms with Gasteiger partial charge in [0.15, 0.2) is 9.76 Å². The Kier molecular flexibility index (Phi) is 8.05. The lowest BCUT2D eigenvalue weighted by atomic mass is 10.5. The maximum atomic E-state index is 10.5. The standard InChI is InChI=1S/C8H16O3Si/c1-3-8(9)10-6-5-7-12-11-4-2/h3H,1,4-7,12H2,2H3. The van der Waals surface area contributed by atoms with Crippen LogP contribution in [0.25, 0.3) is 0 Å². The van der Waals surface area contributed by atoms with Gasteiger partial charge in [-0.25, -0.2) is 4.79 Å². The lowest BCUT2D eigenvalue weighted by Gasteiger charge is -2.01. The van der Waals surface area contributed by atoms with Crippen LogP contribution >= 0.6 is 0 Å². The van der Waals surface area contributed by atoms with Gasteiger partial charge >= 0.3 is 5.97 Å². The van der Waals surface area contributed by atoms with Gasteiger partial charge in [-0.2, -0.15) is 0 Å². The molecule has 0 aromatic rings. The fourth-order valence-corrected chi connectivity index (χ4v) is 1.58. The Balaban J connectivity index is 3.00. The molecule has 0 heterocycles. The molecule has 0 rings (SSSR count). The number of hydrogen-bond donors (Lipinski definition) is 0. The average Bonchev–Trinajstić information content (AvgIpc) is 2.10. The van der Waals surface area contributed by atoms with Crippen LogP contribution in [0.15, 0.2) is 12.7 Å². The third-order valence-electron chi connectivity index (χ3n) is 1.30. The average molecular weight is 188 g/mol. The van der Waals surface area contributed by atoms with Crippen molar-refractivity contribution >= 4 is 15.7 Å². The van der Waals surface area contributed by atoms with Crippen molar-refractivity contribution in [2.24, 2.45) is 0 Å². The Labute approximate surface area is 75.7 Å². The minimum atomic E-state index is -0.357. The van der Waals surface area contributed by atoms with Gasteiger partial charge in [0.05, 0.1) is 6.61 Å². The summed E-state index contributed by atoms with van der Waals surface area (Å²) in [4.78, 5) is 10.5. The van der Waals surface area contributed by atoms with E-state index in [0.29, 0.717) is 6.61 Å². The Morgan fingerprint density at radius 3 is 3.00 bits per heavy atom. The maximum absolute atomic E-state index is 10.5. The molecule has 0 N–H and O–H groups in total. The largest absolute Gasteiger partial charge is 0.463 e. The number of hydrogen-bond acceptors (Lipinski definition) is 3. The van der Waals surface area contributed by atoms with E-state index in [1.807, 2.05) is 6.92 Å². The van der Waals surface area contributed by atoms with Crippen molar-refractivity contribution in [2.75, 3.05) is 13.2 Å². The molecule has 0 amide bonds. The van der Waals surface area contributed by atoms with Crippen LogP contribution in [-0.2, 0) is 14.0 Å². The number of ether oxygens (including phenoxy) is 1. The Morgan fingerprint density at radius 1 is 1.67 bits per heavy atom. The first kappa shape index (κ1) is 11.4. The third-order valence-corrected chi connectivity index (χ3v) is 2.78. The SMILES string of the molecule is C=CC(=O)OCCC[SiH2]OCC. The number of carbonyl (C=O) groups is 1. The van der Waals surface area contributed by atoms with Crippen LogP contribution in [0.4, 0.5) is 0 Å². The maximum Gasteiger partial charge on any atom is 0.330 e. The summed E-state index contributed by atoms with van der Waals surface area (Å²) in [6.07, 6.45) is 2.09. The molecule has 0 aromatic carbocycles. The molecule has 4 heteroatoms. The van der Waals surface area contributed by atoms with Crippen molar-refractivity contribution in [1.82, 2.24) is 0 Å². The highest BCUT2D eigenvalue weighted by Crippen LogP contribution is 1.91. The van der Waals surface area contributed by atoms with Gasteiger partial charge in [-0.15, -0.1) is 0 Å². The number of carbonyl (C=O) groups excluding carboxylic acids is 1. The van der Waals surface area contributed by atoms with Crippen molar-refractivity contribution in [2.45, 2.75) is 19.4 Å². The number of esters is 1. The van der Waals surface area contributed by atoms with Gasteiger partial charge in [0.1, 0.15) is 0 Å². The summed E-state index contributed by atoms with van der Waals surface area (Å²) in [5.74, 6) is -0.340. The van der Waals surface area contributed by atoms with Crippen molar-refractivity contribution < 1.29 is 14.0 Å². The first-order chi connectivity index (χ1) is 5.81. The summed E-state index contributed by atoms with van der Waals surface area (Å²) in [6.45, 7) is 6.58. The van der Waals surface area contributed by atoms with Crippen molar-refractivity contribution in [3.05, 3.63) is 12.7 Å². The normalized spacial score (nSPS) is 10.4.